The first-order chi connectivity index (χ1) is 11.9. The van der Waals surface area contributed by atoms with Gasteiger partial charge in [0.15, 0.2) is 0 Å². The van der Waals surface area contributed by atoms with Gasteiger partial charge in [0.2, 0.25) is 0 Å². The molecular weight excluding hydrogens is 365 g/mol. The Hall–Kier alpha value is -2.70. The third-order valence-corrected chi connectivity index (χ3v) is 4.07. The van der Waals surface area contributed by atoms with Crippen LogP contribution in [-0.2, 0) is 0 Å². The Morgan fingerprint density at radius 2 is 1.80 bits per heavy atom. The fourth-order valence-corrected chi connectivity index (χ4v) is 3.07. The summed E-state index contributed by atoms with van der Waals surface area (Å²) in [6, 6.07) is 5.89. The number of carboxylic acid groups (broad SMARTS) is 1. The molecule has 0 aliphatic heterocycles. The number of fused-ring (bicyclic) bond motifs is 1. The van der Waals surface area contributed by atoms with Gasteiger partial charge in [-0.1, -0.05) is 23.2 Å². The van der Waals surface area contributed by atoms with E-state index in [9.17, 15) is 14.7 Å². The highest BCUT2D eigenvalue weighted by Crippen LogP contribution is 2.35. The van der Waals surface area contributed by atoms with E-state index in [2.05, 4.69) is 15.3 Å². The molecule has 0 atom stereocenters. The van der Waals surface area contributed by atoms with Crippen LogP contribution in [0.3, 0.4) is 0 Å². The monoisotopic (exact) mass is 375 g/mol. The molecule has 1 amide bonds. The van der Waals surface area contributed by atoms with Crippen molar-refractivity contribution in [2.45, 2.75) is 6.92 Å². The molecule has 0 fully saturated rings. The Kier molecular flexibility index (Phi) is 4.57. The maximum Gasteiger partial charge on any atom is 0.335 e. The van der Waals surface area contributed by atoms with Crippen molar-refractivity contribution >= 4 is 51.5 Å². The number of hydrogen-bond donors (Lipinski definition) is 2. The lowest BCUT2D eigenvalue weighted by Crippen LogP contribution is -2.16. The van der Waals surface area contributed by atoms with E-state index in [-0.39, 0.29) is 16.9 Å². The van der Waals surface area contributed by atoms with Gasteiger partial charge in [-0.3, -0.25) is 9.78 Å². The highest BCUT2D eigenvalue weighted by atomic mass is 35.5. The molecule has 3 rings (SSSR count). The predicted molar refractivity (Wildman–Crippen MR) is 95.6 cm³/mol. The van der Waals surface area contributed by atoms with Gasteiger partial charge < -0.3 is 10.4 Å². The van der Waals surface area contributed by atoms with Gasteiger partial charge in [-0.25, -0.2) is 9.78 Å². The van der Waals surface area contributed by atoms with E-state index in [0.29, 0.717) is 26.5 Å². The molecule has 2 aromatic carbocycles. The van der Waals surface area contributed by atoms with Crippen LogP contribution in [-0.4, -0.2) is 27.0 Å². The molecule has 0 saturated heterocycles. The number of anilines is 1. The van der Waals surface area contributed by atoms with Crippen molar-refractivity contribution in [1.29, 1.82) is 0 Å². The first-order valence-corrected chi connectivity index (χ1v) is 7.87. The summed E-state index contributed by atoms with van der Waals surface area (Å²) in [6.45, 7) is 1.65. The van der Waals surface area contributed by atoms with Gasteiger partial charge in [0.25, 0.3) is 5.91 Å². The number of amides is 1. The highest BCUT2D eigenvalue weighted by molar-refractivity contribution is 6.40. The maximum atomic E-state index is 12.5. The van der Waals surface area contributed by atoms with Gasteiger partial charge in [0, 0.05) is 22.8 Å². The van der Waals surface area contributed by atoms with E-state index in [1.807, 2.05) is 0 Å². The summed E-state index contributed by atoms with van der Waals surface area (Å²) in [6.07, 6.45) is 2.88. The van der Waals surface area contributed by atoms with Crippen LogP contribution in [0.15, 0.2) is 36.7 Å². The third kappa shape index (κ3) is 3.40. The minimum Gasteiger partial charge on any atom is -0.478 e. The molecule has 0 aliphatic carbocycles. The Morgan fingerprint density at radius 3 is 2.48 bits per heavy atom. The fraction of sp³-hybridized carbons (Fsp3) is 0.0588. The lowest BCUT2D eigenvalue weighted by Gasteiger charge is -2.12. The molecule has 0 bridgehead atoms. The van der Waals surface area contributed by atoms with E-state index in [4.69, 9.17) is 23.2 Å². The highest BCUT2D eigenvalue weighted by Gasteiger charge is 2.17. The number of carbonyl (C=O) groups excluding carboxylic acids is 1. The Labute approximate surface area is 152 Å². The third-order valence-electron chi connectivity index (χ3n) is 3.56. The first kappa shape index (κ1) is 17.1. The molecule has 0 spiro atoms. The second-order valence-corrected chi connectivity index (χ2v) is 6.10. The van der Waals surface area contributed by atoms with Crippen LogP contribution in [0.5, 0.6) is 0 Å². The summed E-state index contributed by atoms with van der Waals surface area (Å²) in [7, 11) is 0. The summed E-state index contributed by atoms with van der Waals surface area (Å²) in [4.78, 5) is 31.9. The summed E-state index contributed by atoms with van der Waals surface area (Å²) in [5.74, 6) is -1.65. The SMILES string of the molecule is Cc1nccnc1C(=O)Nc1cc(C(=O)O)cc2cc(Cl)cc(Cl)c12. The smallest absolute Gasteiger partial charge is 0.335 e. The zero-order valence-corrected chi connectivity index (χ0v) is 14.4. The lowest BCUT2D eigenvalue weighted by atomic mass is 10.0. The van der Waals surface area contributed by atoms with Crippen molar-refractivity contribution in [3.63, 3.8) is 0 Å². The number of hydrogen-bond acceptors (Lipinski definition) is 4. The number of benzene rings is 2. The number of carboxylic acids is 1. The van der Waals surface area contributed by atoms with Crippen LogP contribution in [0.4, 0.5) is 5.69 Å². The van der Waals surface area contributed by atoms with Gasteiger partial charge in [-0.05, 0) is 36.6 Å². The predicted octanol–water partition coefficient (Wildman–Crippen LogP) is 4.20. The van der Waals surface area contributed by atoms with Gasteiger partial charge in [0.1, 0.15) is 5.69 Å². The maximum absolute atomic E-state index is 12.5. The number of aryl methyl sites for hydroxylation is 1. The van der Waals surface area contributed by atoms with Crippen LogP contribution >= 0.6 is 23.2 Å². The van der Waals surface area contributed by atoms with Crippen molar-refractivity contribution in [3.8, 4) is 0 Å². The van der Waals surface area contributed by atoms with Crippen molar-refractivity contribution < 1.29 is 14.7 Å². The molecule has 1 heterocycles. The normalized spacial score (nSPS) is 10.7. The summed E-state index contributed by atoms with van der Waals surface area (Å²) >= 11 is 12.2. The molecule has 1 aromatic heterocycles. The van der Waals surface area contributed by atoms with Crippen molar-refractivity contribution in [2.75, 3.05) is 5.32 Å². The second-order valence-electron chi connectivity index (χ2n) is 5.26. The second kappa shape index (κ2) is 6.66. The van der Waals surface area contributed by atoms with E-state index < -0.39 is 11.9 Å². The standard InChI is InChI=1S/C17H11Cl2N3O3/c1-8-15(21-3-2-20-8)16(23)22-13-6-10(17(24)25)4-9-5-11(18)7-12(19)14(9)13/h2-7H,1H3,(H,22,23)(H,24,25). The Balaban J connectivity index is 2.16. The number of nitrogens with one attached hydrogen (secondary N) is 1. The van der Waals surface area contributed by atoms with Crippen LogP contribution in [0.1, 0.15) is 26.5 Å². The molecule has 126 valence electrons. The molecule has 0 aliphatic rings. The molecule has 6 nitrogen and oxygen atoms in total. The molecule has 0 unspecified atom stereocenters. The molecule has 25 heavy (non-hydrogen) atoms. The topological polar surface area (TPSA) is 92.2 Å². The zero-order valence-electron chi connectivity index (χ0n) is 12.9. The van der Waals surface area contributed by atoms with Crippen molar-refractivity contribution in [3.05, 3.63) is 63.7 Å². The van der Waals surface area contributed by atoms with Crippen molar-refractivity contribution in [2.24, 2.45) is 0 Å². The van der Waals surface area contributed by atoms with Gasteiger partial charge in [-0.2, -0.15) is 0 Å². The van der Waals surface area contributed by atoms with Crippen LogP contribution in [0, 0.1) is 6.92 Å². The summed E-state index contributed by atoms with van der Waals surface area (Å²) < 4.78 is 0. The minimum atomic E-state index is -1.14. The van der Waals surface area contributed by atoms with Crippen LogP contribution < -0.4 is 5.32 Å². The van der Waals surface area contributed by atoms with E-state index in [0.717, 1.165) is 0 Å². The number of carbonyl (C=O) groups is 2. The Bertz CT molecular complexity index is 1020. The van der Waals surface area contributed by atoms with Crippen LogP contribution in [0.25, 0.3) is 10.8 Å². The van der Waals surface area contributed by atoms with Crippen LogP contribution in [0.2, 0.25) is 10.0 Å². The molecule has 0 saturated carbocycles. The number of halogens is 2. The first-order valence-electron chi connectivity index (χ1n) is 7.12. The van der Waals surface area contributed by atoms with Gasteiger partial charge in [0.05, 0.1) is 22.0 Å². The van der Waals surface area contributed by atoms with E-state index in [1.54, 1.807) is 13.0 Å². The average molecular weight is 376 g/mol. The summed E-state index contributed by atoms with van der Waals surface area (Å²) in [5.41, 5.74) is 0.845. The molecular formula is C17H11Cl2N3O3. The number of rotatable bonds is 3. The molecule has 2 N–H and O–H groups in total. The molecule has 3 aromatic rings. The minimum absolute atomic E-state index is 0.00278. The zero-order chi connectivity index (χ0) is 18.1. The quantitative estimate of drug-likeness (QED) is 0.715. The molecule has 8 heteroatoms. The average Bonchev–Trinajstić information content (AvgIpc) is 2.54. The largest absolute Gasteiger partial charge is 0.478 e. The lowest BCUT2D eigenvalue weighted by molar-refractivity contribution is 0.0696. The van der Waals surface area contributed by atoms with E-state index >= 15 is 0 Å². The number of nitrogens with zero attached hydrogens (tertiary/aromatic N) is 2. The van der Waals surface area contributed by atoms with E-state index in [1.165, 1.54) is 30.6 Å². The van der Waals surface area contributed by atoms with Gasteiger partial charge >= 0.3 is 5.97 Å². The number of aromatic nitrogens is 2. The van der Waals surface area contributed by atoms with Gasteiger partial charge in [-0.15, -0.1) is 0 Å². The van der Waals surface area contributed by atoms with Crippen molar-refractivity contribution in [1.82, 2.24) is 9.97 Å². The number of aromatic carboxylic acids is 1. The fourth-order valence-electron chi connectivity index (χ4n) is 2.46. The summed E-state index contributed by atoms with van der Waals surface area (Å²) in [5, 5.41) is 13.6. The Morgan fingerprint density at radius 1 is 1.08 bits per heavy atom. The molecule has 0 radical (unpaired) electrons.